The molecule has 3 aromatic rings. The second kappa shape index (κ2) is 9.53. The number of hydrogen-bond acceptors (Lipinski definition) is 3. The molecule has 2 aliphatic carbocycles. The molecule has 6 nitrogen and oxygen atoms in total. The molecule has 2 bridgehead atoms. The van der Waals surface area contributed by atoms with Crippen LogP contribution >= 0.6 is 0 Å². The maximum atomic E-state index is 13.7. The van der Waals surface area contributed by atoms with Crippen LogP contribution in [-0.4, -0.2) is 41.2 Å². The molecule has 5 rings (SSSR count). The van der Waals surface area contributed by atoms with Crippen LogP contribution in [-0.2, 0) is 16.0 Å². The molecule has 178 valence electrons. The van der Waals surface area contributed by atoms with Crippen LogP contribution < -0.4 is 5.32 Å². The Morgan fingerprint density at radius 1 is 1.09 bits per heavy atom. The minimum atomic E-state index is -0.666. The smallest absolute Gasteiger partial charge is 0.409 e. The van der Waals surface area contributed by atoms with Crippen molar-refractivity contribution in [3.05, 3.63) is 71.9 Å². The van der Waals surface area contributed by atoms with E-state index in [2.05, 4.69) is 16.4 Å². The Bertz CT molecular complexity index is 1160. The molecule has 2 fully saturated rings. The van der Waals surface area contributed by atoms with Crippen molar-refractivity contribution < 1.29 is 14.3 Å². The monoisotopic (exact) mass is 459 g/mol. The predicted molar refractivity (Wildman–Crippen MR) is 132 cm³/mol. The van der Waals surface area contributed by atoms with Gasteiger partial charge < -0.3 is 19.9 Å². The first kappa shape index (κ1) is 22.5. The zero-order chi connectivity index (χ0) is 23.7. The van der Waals surface area contributed by atoms with E-state index in [1.165, 1.54) is 19.3 Å². The first-order chi connectivity index (χ1) is 16.5. The van der Waals surface area contributed by atoms with E-state index < -0.39 is 12.3 Å². The number of H-pyrrole nitrogens is 1. The summed E-state index contributed by atoms with van der Waals surface area (Å²) in [6.07, 6.45) is 6.17. The molecule has 2 saturated carbocycles. The minimum Gasteiger partial charge on any atom is -0.426 e. The van der Waals surface area contributed by atoms with Gasteiger partial charge in [0.1, 0.15) is 0 Å². The van der Waals surface area contributed by atoms with Crippen molar-refractivity contribution in [1.82, 2.24) is 15.2 Å². The zero-order valence-electron chi connectivity index (χ0n) is 19.9. The van der Waals surface area contributed by atoms with Crippen molar-refractivity contribution in [1.29, 1.82) is 0 Å². The van der Waals surface area contributed by atoms with Gasteiger partial charge in [-0.3, -0.25) is 4.79 Å². The predicted octanol–water partition coefficient (Wildman–Crippen LogP) is 5.21. The highest BCUT2D eigenvalue weighted by molar-refractivity contribution is 5.87. The van der Waals surface area contributed by atoms with Crippen molar-refractivity contribution >= 4 is 22.9 Å². The minimum absolute atomic E-state index is 0.0725. The Labute approximate surface area is 200 Å². The maximum absolute atomic E-state index is 13.7. The average Bonchev–Trinajstić information content (AvgIpc) is 3.58. The number of nitrogens with zero attached hydrogens (tertiary/aromatic N) is 1. The number of nitrogens with one attached hydrogen (secondary N) is 2. The topological polar surface area (TPSA) is 74.4 Å². The number of carbonyl (C=O) groups is 2. The first-order valence-electron chi connectivity index (χ1n) is 12.3. The molecule has 2 N–H and O–H groups in total. The molecule has 0 spiro atoms. The molecule has 0 radical (unpaired) electrons. The Balaban J connectivity index is 1.28. The molecule has 2 amide bonds. The largest absolute Gasteiger partial charge is 0.426 e. The quantitative estimate of drug-likeness (QED) is 0.476. The van der Waals surface area contributed by atoms with Crippen LogP contribution in [0.2, 0.25) is 0 Å². The van der Waals surface area contributed by atoms with Gasteiger partial charge >= 0.3 is 6.09 Å². The van der Waals surface area contributed by atoms with Crippen molar-refractivity contribution in [2.24, 2.45) is 11.8 Å². The van der Waals surface area contributed by atoms with Gasteiger partial charge in [0.2, 0.25) is 5.91 Å². The number of para-hydroxylation sites is 1. The van der Waals surface area contributed by atoms with Gasteiger partial charge in [-0.2, -0.15) is 0 Å². The van der Waals surface area contributed by atoms with Crippen LogP contribution in [0.4, 0.5) is 4.79 Å². The summed E-state index contributed by atoms with van der Waals surface area (Å²) in [5.74, 6) is 0.862. The molecule has 6 heteroatoms. The summed E-state index contributed by atoms with van der Waals surface area (Å²) in [7, 11) is 1.71. The van der Waals surface area contributed by atoms with Crippen LogP contribution in [0.5, 0.6) is 0 Å². The highest BCUT2D eigenvalue weighted by Crippen LogP contribution is 2.44. The molecular weight excluding hydrogens is 426 g/mol. The fourth-order valence-corrected chi connectivity index (χ4v) is 5.82. The number of fused-ring (bicyclic) bond motifs is 3. The number of aromatic nitrogens is 1. The molecule has 0 saturated heterocycles. The van der Waals surface area contributed by atoms with Crippen LogP contribution in [0.1, 0.15) is 49.7 Å². The van der Waals surface area contributed by atoms with Gasteiger partial charge in [-0.15, -0.1) is 0 Å². The Kier molecular flexibility index (Phi) is 6.31. The lowest BCUT2D eigenvalue weighted by atomic mass is 9.90. The number of carbonyl (C=O) groups excluding carboxylic acids is 2. The fourth-order valence-electron chi connectivity index (χ4n) is 5.82. The number of rotatable bonds is 7. The summed E-state index contributed by atoms with van der Waals surface area (Å²) in [5, 5.41) is 4.17. The van der Waals surface area contributed by atoms with Crippen molar-refractivity contribution in [2.75, 3.05) is 7.05 Å². The van der Waals surface area contributed by atoms with E-state index in [4.69, 9.17) is 4.74 Å². The second-order valence-electron chi connectivity index (χ2n) is 9.91. The van der Waals surface area contributed by atoms with Crippen molar-refractivity contribution in [3.63, 3.8) is 0 Å². The lowest BCUT2D eigenvalue weighted by Crippen LogP contribution is -2.45. The summed E-state index contributed by atoms with van der Waals surface area (Å²) in [4.78, 5) is 31.1. The third-order valence-corrected chi connectivity index (χ3v) is 7.81. The molecule has 34 heavy (non-hydrogen) atoms. The van der Waals surface area contributed by atoms with Crippen LogP contribution in [0.3, 0.4) is 0 Å². The van der Waals surface area contributed by atoms with Gasteiger partial charge in [0.25, 0.3) is 0 Å². The summed E-state index contributed by atoms with van der Waals surface area (Å²) in [5.41, 5.74) is 3.09. The maximum Gasteiger partial charge on any atom is 0.409 e. The molecule has 1 aromatic heterocycles. The number of amides is 2. The summed E-state index contributed by atoms with van der Waals surface area (Å²) >= 11 is 0. The van der Waals surface area contributed by atoms with E-state index in [1.54, 1.807) is 18.9 Å². The number of ether oxygens (including phenoxy) is 1. The van der Waals surface area contributed by atoms with Gasteiger partial charge in [-0.1, -0.05) is 55.0 Å². The van der Waals surface area contributed by atoms with E-state index in [1.807, 2.05) is 54.7 Å². The number of aromatic amines is 1. The molecule has 0 aliphatic heterocycles. The number of alkyl carbamates (subject to hydrolysis) is 1. The number of likely N-dealkylation sites (N-methyl/N-ethyl adjacent to an activating group) is 1. The lowest BCUT2D eigenvalue weighted by Gasteiger charge is -2.30. The zero-order valence-corrected chi connectivity index (χ0v) is 19.9. The Hall–Kier alpha value is -3.28. The van der Waals surface area contributed by atoms with Gasteiger partial charge in [0, 0.05) is 30.2 Å². The molecular formula is C28H33N3O3. The molecule has 2 aromatic carbocycles. The van der Waals surface area contributed by atoms with Crippen LogP contribution in [0.15, 0.2) is 60.8 Å². The standard InChI is InChI=1S/C28H33N3O3/c1-18(34-28(33)30-26-15-19-12-13-21(26)14-19)31(2)27(32)24(20-8-4-3-5-9-20)16-22-17-29-25-11-7-6-10-23(22)25/h3-11,17-19,21,24,26,29H,12-16H2,1-2H3,(H,30,33). The number of benzene rings is 2. The van der Waals surface area contributed by atoms with E-state index in [9.17, 15) is 9.59 Å². The Morgan fingerprint density at radius 3 is 2.59 bits per heavy atom. The Morgan fingerprint density at radius 2 is 1.85 bits per heavy atom. The lowest BCUT2D eigenvalue weighted by molar-refractivity contribution is -0.139. The van der Waals surface area contributed by atoms with Gasteiger partial charge in [0.05, 0.1) is 5.92 Å². The van der Waals surface area contributed by atoms with Crippen LogP contribution in [0, 0.1) is 11.8 Å². The van der Waals surface area contributed by atoms with Gasteiger partial charge in [-0.05, 0) is 61.6 Å². The normalized spacial score (nSPS) is 22.9. The average molecular weight is 460 g/mol. The SMILES string of the molecule is CC(OC(=O)NC1CC2CCC1C2)N(C)C(=O)C(Cc1c[nH]c2ccccc12)c1ccccc1. The van der Waals surface area contributed by atoms with E-state index in [0.717, 1.165) is 34.4 Å². The molecule has 5 unspecified atom stereocenters. The molecule has 1 heterocycles. The second-order valence-corrected chi connectivity index (χ2v) is 9.91. The van der Waals surface area contributed by atoms with Crippen molar-refractivity contribution in [2.45, 2.75) is 57.2 Å². The third-order valence-electron chi connectivity index (χ3n) is 7.81. The van der Waals surface area contributed by atoms with E-state index in [-0.39, 0.29) is 17.9 Å². The summed E-state index contributed by atoms with van der Waals surface area (Å²) in [6.45, 7) is 1.76. The summed E-state index contributed by atoms with van der Waals surface area (Å²) < 4.78 is 5.64. The molecule has 2 aliphatic rings. The van der Waals surface area contributed by atoms with E-state index >= 15 is 0 Å². The van der Waals surface area contributed by atoms with Crippen molar-refractivity contribution in [3.8, 4) is 0 Å². The van der Waals surface area contributed by atoms with E-state index in [0.29, 0.717) is 12.3 Å². The van der Waals surface area contributed by atoms with Crippen LogP contribution in [0.25, 0.3) is 10.9 Å². The first-order valence-corrected chi connectivity index (χ1v) is 12.3. The third kappa shape index (κ3) is 4.54. The van der Waals surface area contributed by atoms with Gasteiger partial charge in [-0.25, -0.2) is 4.79 Å². The molecule has 5 atom stereocenters. The van der Waals surface area contributed by atoms with Gasteiger partial charge in [0.15, 0.2) is 6.23 Å². The highest BCUT2D eigenvalue weighted by Gasteiger charge is 2.40. The number of hydrogen-bond donors (Lipinski definition) is 2. The fraction of sp³-hybridized carbons (Fsp3) is 0.429. The highest BCUT2D eigenvalue weighted by atomic mass is 16.6. The summed E-state index contributed by atoms with van der Waals surface area (Å²) in [6, 6.07) is 18.1.